The van der Waals surface area contributed by atoms with E-state index in [0.29, 0.717) is 16.6 Å². The summed E-state index contributed by atoms with van der Waals surface area (Å²) in [6, 6.07) is 5.66. The van der Waals surface area contributed by atoms with Gasteiger partial charge in [-0.1, -0.05) is 45.2 Å². The monoisotopic (exact) mass is 366 g/mol. The van der Waals surface area contributed by atoms with Gasteiger partial charge in [0.15, 0.2) is 0 Å². The lowest BCUT2D eigenvalue weighted by atomic mass is 10.1. The first-order chi connectivity index (χ1) is 8.99. The average Bonchev–Trinajstić information content (AvgIpc) is 2.36. The highest BCUT2D eigenvalue weighted by Crippen LogP contribution is 2.22. The maximum Gasteiger partial charge on any atom is 0.216 e. The van der Waals surface area contributed by atoms with Crippen molar-refractivity contribution < 1.29 is 4.79 Å². The molecule has 19 heavy (non-hydrogen) atoms. The van der Waals surface area contributed by atoms with Gasteiger partial charge >= 0.3 is 0 Å². The van der Waals surface area contributed by atoms with Gasteiger partial charge in [-0.15, -0.1) is 0 Å². The van der Waals surface area contributed by atoms with E-state index in [9.17, 15) is 4.79 Å². The second kappa shape index (κ2) is 8.80. The van der Waals surface area contributed by atoms with Gasteiger partial charge in [-0.05, 0) is 30.7 Å². The van der Waals surface area contributed by atoms with Gasteiger partial charge in [0, 0.05) is 24.8 Å². The normalized spacial score (nSPS) is 12.2. The molecule has 0 aliphatic carbocycles. The van der Waals surface area contributed by atoms with Crippen LogP contribution in [0.2, 0.25) is 10.0 Å². The minimum Gasteiger partial charge on any atom is -0.355 e. The standard InChI is InChI=1S/C13H17BrCl2N2O/c1-9(19)18-8-11(14)7-17-5-4-10-2-3-12(15)13(16)6-10/h2-3,6,11,17H,4-5,7-8H2,1H3,(H,18,19). The molecule has 0 saturated carbocycles. The molecule has 0 fully saturated rings. The fourth-order valence-corrected chi connectivity index (χ4v) is 2.22. The zero-order chi connectivity index (χ0) is 14.3. The summed E-state index contributed by atoms with van der Waals surface area (Å²) in [6.45, 7) is 3.77. The molecule has 0 aliphatic rings. The molecule has 106 valence electrons. The number of carbonyl (C=O) groups excluding carboxylic acids is 1. The van der Waals surface area contributed by atoms with Crippen molar-refractivity contribution in [1.29, 1.82) is 0 Å². The molecular formula is C13H17BrCl2N2O. The number of rotatable bonds is 7. The second-order valence-electron chi connectivity index (χ2n) is 4.24. The Kier molecular flexibility index (Phi) is 7.76. The third-order valence-corrected chi connectivity index (χ3v) is 3.90. The molecule has 0 spiro atoms. The van der Waals surface area contributed by atoms with Gasteiger partial charge in [-0.25, -0.2) is 0 Å². The number of amides is 1. The van der Waals surface area contributed by atoms with Crippen LogP contribution in [0.3, 0.4) is 0 Å². The highest BCUT2D eigenvalue weighted by Gasteiger charge is 2.04. The average molecular weight is 368 g/mol. The molecular weight excluding hydrogens is 351 g/mol. The molecule has 1 rings (SSSR count). The molecule has 0 saturated heterocycles. The molecule has 0 aliphatic heterocycles. The van der Waals surface area contributed by atoms with Gasteiger partial charge in [-0.3, -0.25) is 4.79 Å². The van der Waals surface area contributed by atoms with Crippen molar-refractivity contribution in [2.45, 2.75) is 18.2 Å². The molecule has 1 aromatic carbocycles. The third kappa shape index (κ3) is 7.16. The van der Waals surface area contributed by atoms with Crippen LogP contribution in [0, 0.1) is 0 Å². The van der Waals surface area contributed by atoms with Crippen LogP contribution in [0.4, 0.5) is 0 Å². The fraction of sp³-hybridized carbons (Fsp3) is 0.462. The van der Waals surface area contributed by atoms with Crippen molar-refractivity contribution in [2.24, 2.45) is 0 Å². The third-order valence-electron chi connectivity index (χ3n) is 2.51. The van der Waals surface area contributed by atoms with Crippen LogP contribution in [-0.4, -0.2) is 30.4 Å². The van der Waals surface area contributed by atoms with E-state index in [2.05, 4.69) is 26.6 Å². The smallest absolute Gasteiger partial charge is 0.216 e. The van der Waals surface area contributed by atoms with Gasteiger partial charge in [0.25, 0.3) is 0 Å². The van der Waals surface area contributed by atoms with E-state index < -0.39 is 0 Å². The number of benzene rings is 1. The van der Waals surface area contributed by atoms with E-state index in [0.717, 1.165) is 25.1 Å². The van der Waals surface area contributed by atoms with Gasteiger partial charge in [0.05, 0.1) is 10.0 Å². The van der Waals surface area contributed by atoms with Crippen LogP contribution in [0.25, 0.3) is 0 Å². The number of hydrogen-bond acceptors (Lipinski definition) is 2. The Hall–Kier alpha value is -0.290. The summed E-state index contributed by atoms with van der Waals surface area (Å²) in [5.74, 6) is -0.0137. The maximum atomic E-state index is 10.7. The van der Waals surface area contributed by atoms with Crippen LogP contribution in [-0.2, 0) is 11.2 Å². The quantitative estimate of drug-likeness (QED) is 0.574. The van der Waals surface area contributed by atoms with E-state index in [-0.39, 0.29) is 10.7 Å². The highest BCUT2D eigenvalue weighted by atomic mass is 79.9. The largest absolute Gasteiger partial charge is 0.355 e. The lowest BCUT2D eigenvalue weighted by Gasteiger charge is -2.11. The fourth-order valence-electron chi connectivity index (χ4n) is 1.51. The van der Waals surface area contributed by atoms with Crippen LogP contribution < -0.4 is 10.6 Å². The van der Waals surface area contributed by atoms with E-state index in [1.807, 2.05) is 18.2 Å². The second-order valence-corrected chi connectivity index (χ2v) is 6.35. The first kappa shape index (κ1) is 16.8. The van der Waals surface area contributed by atoms with Crippen LogP contribution in [0.15, 0.2) is 18.2 Å². The minimum absolute atomic E-state index is 0.0137. The van der Waals surface area contributed by atoms with Crippen molar-refractivity contribution in [1.82, 2.24) is 10.6 Å². The molecule has 1 amide bonds. The molecule has 0 heterocycles. The van der Waals surface area contributed by atoms with Crippen molar-refractivity contribution in [2.75, 3.05) is 19.6 Å². The van der Waals surface area contributed by atoms with E-state index in [1.165, 1.54) is 6.92 Å². The summed E-state index contributed by atoms with van der Waals surface area (Å²) in [7, 11) is 0. The molecule has 0 bridgehead atoms. The Morgan fingerprint density at radius 3 is 2.68 bits per heavy atom. The van der Waals surface area contributed by atoms with Crippen molar-refractivity contribution >= 4 is 45.0 Å². The summed E-state index contributed by atoms with van der Waals surface area (Å²) < 4.78 is 0. The Balaban J connectivity index is 2.19. The van der Waals surface area contributed by atoms with E-state index in [4.69, 9.17) is 23.2 Å². The molecule has 0 aromatic heterocycles. The summed E-state index contributed by atoms with van der Waals surface area (Å²) in [5, 5.41) is 7.24. The summed E-state index contributed by atoms with van der Waals surface area (Å²) in [6.07, 6.45) is 0.886. The summed E-state index contributed by atoms with van der Waals surface area (Å²) in [5.41, 5.74) is 1.15. The molecule has 2 N–H and O–H groups in total. The lowest BCUT2D eigenvalue weighted by molar-refractivity contribution is -0.118. The number of carbonyl (C=O) groups is 1. The van der Waals surface area contributed by atoms with Crippen molar-refractivity contribution in [3.63, 3.8) is 0 Å². The van der Waals surface area contributed by atoms with Crippen LogP contribution >= 0.6 is 39.1 Å². The molecule has 3 nitrogen and oxygen atoms in total. The summed E-state index contributed by atoms with van der Waals surface area (Å²) >= 11 is 15.3. The molecule has 1 atom stereocenters. The first-order valence-electron chi connectivity index (χ1n) is 6.02. The Morgan fingerprint density at radius 2 is 2.05 bits per heavy atom. The number of hydrogen-bond donors (Lipinski definition) is 2. The van der Waals surface area contributed by atoms with E-state index in [1.54, 1.807) is 0 Å². The SMILES string of the molecule is CC(=O)NCC(Br)CNCCc1ccc(Cl)c(Cl)c1. The van der Waals surface area contributed by atoms with Gasteiger partial charge < -0.3 is 10.6 Å². The zero-order valence-corrected chi connectivity index (χ0v) is 13.8. The Bertz CT molecular complexity index is 429. The highest BCUT2D eigenvalue weighted by molar-refractivity contribution is 9.09. The number of alkyl halides is 1. The topological polar surface area (TPSA) is 41.1 Å². The molecule has 1 aromatic rings. The molecule has 6 heteroatoms. The summed E-state index contributed by atoms with van der Waals surface area (Å²) in [4.78, 5) is 11.0. The number of halogens is 3. The van der Waals surface area contributed by atoms with Crippen LogP contribution in [0.5, 0.6) is 0 Å². The van der Waals surface area contributed by atoms with Crippen molar-refractivity contribution in [3.05, 3.63) is 33.8 Å². The maximum absolute atomic E-state index is 10.7. The Labute approximate surface area is 132 Å². The predicted octanol–water partition coefficient (Wildman–Crippen LogP) is 3.03. The lowest BCUT2D eigenvalue weighted by Crippen LogP contribution is -2.34. The Morgan fingerprint density at radius 1 is 1.32 bits per heavy atom. The zero-order valence-electron chi connectivity index (χ0n) is 10.7. The number of nitrogens with one attached hydrogen (secondary N) is 2. The van der Waals surface area contributed by atoms with Gasteiger partial charge in [0.1, 0.15) is 0 Å². The van der Waals surface area contributed by atoms with Gasteiger partial charge in [0.2, 0.25) is 5.91 Å². The molecule has 1 unspecified atom stereocenters. The minimum atomic E-state index is -0.0137. The van der Waals surface area contributed by atoms with Crippen molar-refractivity contribution in [3.8, 4) is 0 Å². The van der Waals surface area contributed by atoms with Gasteiger partial charge in [-0.2, -0.15) is 0 Å². The molecule has 0 radical (unpaired) electrons. The van der Waals surface area contributed by atoms with E-state index >= 15 is 0 Å². The van der Waals surface area contributed by atoms with Crippen LogP contribution in [0.1, 0.15) is 12.5 Å². The first-order valence-corrected chi connectivity index (χ1v) is 7.69. The predicted molar refractivity (Wildman–Crippen MR) is 84.4 cm³/mol.